The summed E-state index contributed by atoms with van der Waals surface area (Å²) in [4.78, 5) is 30.3. The Morgan fingerprint density at radius 2 is 1.65 bits per heavy atom. The molecule has 2 heterocycles. The monoisotopic (exact) mass is 496 g/mol. The Morgan fingerprint density at radius 3 is 2.30 bits per heavy atom. The maximum absolute atomic E-state index is 13.5. The third kappa shape index (κ3) is 4.64. The average Bonchev–Trinajstić information content (AvgIpc) is 2.95. The molecule has 8 heteroatoms. The van der Waals surface area contributed by atoms with Gasteiger partial charge in [0, 0.05) is 37.1 Å². The molecule has 1 aliphatic rings. The minimum Gasteiger partial charge on any atom is -0.497 e. The highest BCUT2D eigenvalue weighted by molar-refractivity contribution is 5.96. The van der Waals surface area contributed by atoms with Gasteiger partial charge in [0.2, 0.25) is 0 Å². The molecule has 1 fully saturated rings. The van der Waals surface area contributed by atoms with Crippen LogP contribution in [0.5, 0.6) is 5.75 Å². The van der Waals surface area contributed by atoms with Gasteiger partial charge >= 0.3 is 0 Å². The van der Waals surface area contributed by atoms with Crippen LogP contribution in [0.25, 0.3) is 10.9 Å². The number of ether oxygens (including phenoxy) is 1. The maximum Gasteiger partial charge on any atom is 0.271 e. The summed E-state index contributed by atoms with van der Waals surface area (Å²) in [7, 11) is 1.58. The van der Waals surface area contributed by atoms with Crippen LogP contribution in [-0.2, 0) is 6.54 Å². The average molecular weight is 497 g/mol. The van der Waals surface area contributed by atoms with E-state index in [1.807, 2.05) is 29.2 Å². The van der Waals surface area contributed by atoms with Gasteiger partial charge in [-0.15, -0.1) is 0 Å². The van der Waals surface area contributed by atoms with E-state index in [2.05, 4.69) is 6.07 Å². The number of hydrogen-bond donors (Lipinski definition) is 0. The van der Waals surface area contributed by atoms with Gasteiger partial charge in [0.1, 0.15) is 23.2 Å². The van der Waals surface area contributed by atoms with E-state index in [9.17, 15) is 19.2 Å². The third-order valence-corrected chi connectivity index (χ3v) is 6.73. The zero-order valence-corrected chi connectivity index (χ0v) is 20.4. The van der Waals surface area contributed by atoms with Crippen LogP contribution >= 0.6 is 0 Å². The summed E-state index contributed by atoms with van der Waals surface area (Å²) in [6.07, 6.45) is 0. The van der Waals surface area contributed by atoms with E-state index in [1.54, 1.807) is 53.0 Å². The number of rotatable bonds is 5. The number of anilines is 1. The summed E-state index contributed by atoms with van der Waals surface area (Å²) in [5.41, 5.74) is 2.31. The van der Waals surface area contributed by atoms with Crippen molar-refractivity contribution >= 4 is 22.5 Å². The number of nitrogens with zero attached hydrogens (tertiary/aromatic N) is 4. The van der Waals surface area contributed by atoms with Crippen molar-refractivity contribution in [2.45, 2.75) is 6.54 Å². The van der Waals surface area contributed by atoms with E-state index in [0.717, 1.165) is 10.9 Å². The molecular weight excluding hydrogens is 471 g/mol. The highest BCUT2D eigenvalue weighted by atomic mass is 19.1. The van der Waals surface area contributed by atoms with Crippen LogP contribution in [0, 0.1) is 17.1 Å². The van der Waals surface area contributed by atoms with Crippen molar-refractivity contribution in [2.75, 3.05) is 38.2 Å². The van der Waals surface area contributed by atoms with Gasteiger partial charge in [-0.2, -0.15) is 5.26 Å². The van der Waals surface area contributed by atoms with Crippen molar-refractivity contribution in [3.8, 4) is 11.8 Å². The van der Waals surface area contributed by atoms with Crippen molar-refractivity contribution in [1.82, 2.24) is 9.47 Å². The van der Waals surface area contributed by atoms with Crippen molar-refractivity contribution in [2.24, 2.45) is 0 Å². The Labute approximate surface area is 213 Å². The van der Waals surface area contributed by atoms with Crippen LogP contribution in [0.15, 0.2) is 77.6 Å². The van der Waals surface area contributed by atoms with Crippen molar-refractivity contribution in [1.29, 1.82) is 5.26 Å². The number of carbonyl (C=O) groups is 1. The second-order valence-electron chi connectivity index (χ2n) is 8.88. The molecule has 0 atom stereocenters. The highest BCUT2D eigenvalue weighted by Gasteiger charge is 2.27. The number of carbonyl (C=O) groups excluding carboxylic acids is 1. The molecule has 1 aliphatic heterocycles. The lowest BCUT2D eigenvalue weighted by Crippen LogP contribution is -2.49. The molecule has 4 aromatic rings. The number of fused-ring (bicyclic) bond motifs is 1. The first-order valence-electron chi connectivity index (χ1n) is 12.0. The number of halogens is 1. The first-order chi connectivity index (χ1) is 18.0. The number of hydrogen-bond acceptors (Lipinski definition) is 5. The summed E-state index contributed by atoms with van der Waals surface area (Å²) < 4.78 is 20.1. The largest absolute Gasteiger partial charge is 0.497 e. The molecular formula is C29H25FN4O3. The van der Waals surface area contributed by atoms with Gasteiger partial charge < -0.3 is 19.1 Å². The zero-order chi connectivity index (χ0) is 25.9. The number of piperazine rings is 1. The van der Waals surface area contributed by atoms with Gasteiger partial charge in [0.15, 0.2) is 0 Å². The molecule has 0 N–H and O–H groups in total. The van der Waals surface area contributed by atoms with Gasteiger partial charge in [-0.05, 0) is 48.0 Å². The summed E-state index contributed by atoms with van der Waals surface area (Å²) in [6, 6.07) is 22.6. The molecule has 0 aliphatic carbocycles. The Balaban J connectivity index is 1.45. The van der Waals surface area contributed by atoms with E-state index >= 15 is 0 Å². The number of methoxy groups -OCH3 is 1. The normalized spacial score (nSPS) is 13.4. The predicted molar refractivity (Wildman–Crippen MR) is 140 cm³/mol. The van der Waals surface area contributed by atoms with Gasteiger partial charge in [-0.3, -0.25) is 9.59 Å². The van der Waals surface area contributed by atoms with Crippen molar-refractivity contribution in [3.05, 3.63) is 106 Å². The Bertz CT molecular complexity index is 1550. The fourth-order valence-electron chi connectivity index (χ4n) is 4.80. The fourth-order valence-corrected chi connectivity index (χ4v) is 4.80. The number of aromatic nitrogens is 1. The van der Waals surface area contributed by atoms with E-state index < -0.39 is 5.56 Å². The zero-order valence-electron chi connectivity index (χ0n) is 20.4. The predicted octanol–water partition coefficient (Wildman–Crippen LogP) is 4.03. The third-order valence-electron chi connectivity index (χ3n) is 6.73. The Kier molecular flexibility index (Phi) is 6.60. The molecule has 1 amide bonds. The molecule has 0 radical (unpaired) electrons. The molecule has 0 unspecified atom stereocenters. The van der Waals surface area contributed by atoms with Crippen LogP contribution in [0.3, 0.4) is 0 Å². The standard InChI is InChI=1S/C29H25FN4O3/c1-37-23-12-8-21(9-13-23)28(35)33-16-14-32(15-17-33)27-24-4-2-3-5-26(24)34(29(36)25(27)18-31)19-20-6-10-22(30)11-7-20/h2-13H,14-17,19H2,1H3. The summed E-state index contributed by atoms with van der Waals surface area (Å²) in [6.45, 7) is 2.12. The molecule has 5 rings (SSSR count). The number of amides is 1. The number of benzene rings is 3. The lowest BCUT2D eigenvalue weighted by molar-refractivity contribution is 0.0747. The van der Waals surface area contributed by atoms with Gasteiger partial charge in [0.25, 0.3) is 11.5 Å². The van der Waals surface area contributed by atoms with Crippen LogP contribution in [0.4, 0.5) is 10.1 Å². The minimum atomic E-state index is -0.391. The topological polar surface area (TPSA) is 78.6 Å². The lowest BCUT2D eigenvalue weighted by Gasteiger charge is -2.37. The van der Waals surface area contributed by atoms with Crippen LogP contribution in [-0.4, -0.2) is 48.7 Å². The van der Waals surface area contributed by atoms with Gasteiger partial charge in [-0.25, -0.2) is 4.39 Å². The van der Waals surface area contributed by atoms with Crippen LogP contribution in [0.2, 0.25) is 0 Å². The van der Waals surface area contributed by atoms with E-state index in [1.165, 1.54) is 12.1 Å². The fraction of sp³-hybridized carbons (Fsp3) is 0.207. The lowest BCUT2D eigenvalue weighted by atomic mass is 10.1. The molecule has 186 valence electrons. The quantitative estimate of drug-likeness (QED) is 0.417. The minimum absolute atomic E-state index is 0.0655. The molecule has 1 saturated heterocycles. The SMILES string of the molecule is COc1ccc(C(=O)N2CCN(c3c(C#N)c(=O)n(Cc4ccc(F)cc4)c4ccccc34)CC2)cc1. The number of nitriles is 1. The summed E-state index contributed by atoms with van der Waals surface area (Å²) in [5, 5.41) is 10.8. The molecule has 0 spiro atoms. The smallest absolute Gasteiger partial charge is 0.271 e. The van der Waals surface area contributed by atoms with Crippen molar-refractivity contribution in [3.63, 3.8) is 0 Å². The van der Waals surface area contributed by atoms with Crippen LogP contribution < -0.4 is 15.2 Å². The first kappa shape index (κ1) is 24.1. The maximum atomic E-state index is 13.5. The number of pyridine rings is 1. The Morgan fingerprint density at radius 1 is 0.973 bits per heavy atom. The molecule has 37 heavy (non-hydrogen) atoms. The Hall–Kier alpha value is -4.64. The van der Waals surface area contributed by atoms with Gasteiger partial charge in [-0.1, -0.05) is 30.3 Å². The van der Waals surface area contributed by atoms with Crippen molar-refractivity contribution < 1.29 is 13.9 Å². The van der Waals surface area contributed by atoms with Gasteiger partial charge in [0.05, 0.1) is 24.9 Å². The molecule has 1 aromatic heterocycles. The summed E-state index contributed by atoms with van der Waals surface area (Å²) in [5.74, 6) is 0.271. The van der Waals surface area contributed by atoms with E-state index in [4.69, 9.17) is 4.74 Å². The van der Waals surface area contributed by atoms with E-state index in [-0.39, 0.29) is 23.8 Å². The second kappa shape index (κ2) is 10.2. The van der Waals surface area contributed by atoms with Crippen LogP contribution in [0.1, 0.15) is 21.5 Å². The van der Waals surface area contributed by atoms with E-state index in [0.29, 0.717) is 48.7 Å². The molecule has 0 saturated carbocycles. The molecule has 3 aromatic carbocycles. The summed E-state index contributed by atoms with van der Waals surface area (Å²) >= 11 is 0. The highest BCUT2D eigenvalue weighted by Crippen LogP contribution is 2.30. The second-order valence-corrected chi connectivity index (χ2v) is 8.88. The first-order valence-corrected chi connectivity index (χ1v) is 12.0. The molecule has 7 nitrogen and oxygen atoms in total. The molecule has 0 bridgehead atoms. The number of para-hydroxylation sites is 1.